The van der Waals surface area contributed by atoms with E-state index in [1.165, 1.54) is 0 Å². The summed E-state index contributed by atoms with van der Waals surface area (Å²) in [5, 5.41) is 0. The fraction of sp³-hybridized carbons (Fsp3) is 1.00. The maximum atomic E-state index is 11.2. The van der Waals surface area contributed by atoms with Crippen LogP contribution in [0, 0.1) is 0 Å². The minimum atomic E-state index is -6.60. The van der Waals surface area contributed by atoms with Crippen LogP contribution in [0.5, 0.6) is 0 Å². The van der Waals surface area contributed by atoms with Crippen LogP contribution in [-0.2, 0) is 18.0 Å². The Balaban J connectivity index is 0. The summed E-state index contributed by atoms with van der Waals surface area (Å²) in [4.78, 5) is 0. The van der Waals surface area contributed by atoms with Gasteiger partial charge in [-0.25, -0.2) is 16.8 Å². The fourth-order valence-electron chi connectivity index (χ4n) is 0.116. The van der Waals surface area contributed by atoms with Gasteiger partial charge < -0.3 is 4.55 Å². The molecular weight excluding hydrogens is 220 g/mol. The van der Waals surface area contributed by atoms with Crippen molar-refractivity contribution in [2.45, 2.75) is 5.51 Å². The molecule has 0 atom stereocenters. The Kier molecular flexibility index (Phi) is 4.36. The number of hydrogen-bond acceptors (Lipinski definition) is 5. The van der Waals surface area contributed by atoms with Gasteiger partial charge in [-0.2, -0.15) is 13.2 Å². The summed E-state index contributed by atoms with van der Waals surface area (Å²) < 4.78 is 81.1. The third kappa shape index (κ3) is 2.63. The Morgan fingerprint density at radius 1 is 1.00 bits per heavy atom. The molecule has 0 aliphatic carbocycles. The standard InChI is InChI=1S/CHF3O5S2.Li/c2-1(3,4)10(5,6)11(7,8)9;/h(H,7,8,9);/q;+1/p-1. The minimum Gasteiger partial charge on any atom is -0.735 e. The molecule has 0 amide bonds. The third-order valence-corrected chi connectivity index (χ3v) is 3.84. The molecule has 0 radical (unpaired) electrons. The number of alkyl halides is 3. The van der Waals surface area contributed by atoms with E-state index < -0.39 is 23.5 Å². The molecule has 0 rings (SSSR count). The molecule has 5 nitrogen and oxygen atoms in total. The van der Waals surface area contributed by atoms with Crippen LogP contribution in [0.1, 0.15) is 0 Å². The predicted octanol–water partition coefficient (Wildman–Crippen LogP) is -3.61. The quantitative estimate of drug-likeness (QED) is 0.258. The Morgan fingerprint density at radius 3 is 1.25 bits per heavy atom. The summed E-state index contributed by atoms with van der Waals surface area (Å²) in [5.41, 5.74) is -6.05. The maximum Gasteiger partial charge on any atom is 1.00 e. The maximum absolute atomic E-state index is 11.2. The molecule has 0 spiro atoms. The van der Waals surface area contributed by atoms with E-state index in [0.717, 1.165) is 0 Å². The zero-order chi connectivity index (χ0) is 9.50. The van der Waals surface area contributed by atoms with Crippen molar-refractivity contribution in [1.29, 1.82) is 0 Å². The van der Waals surface area contributed by atoms with Gasteiger partial charge in [-0.1, -0.05) is 0 Å². The monoisotopic (exact) mass is 220 g/mol. The SMILES string of the molecule is O=S(=O)([O-])S(=O)(=O)C(F)(F)F.[Li+]. The fourth-order valence-corrected chi connectivity index (χ4v) is 1.04. The third-order valence-electron chi connectivity index (χ3n) is 0.552. The van der Waals surface area contributed by atoms with Gasteiger partial charge in [-0.3, -0.25) is 0 Å². The molecule has 0 aromatic rings. The molecule has 0 N–H and O–H groups in total. The van der Waals surface area contributed by atoms with Gasteiger partial charge in [0, 0.05) is 0 Å². The van der Waals surface area contributed by atoms with E-state index in [1.54, 1.807) is 0 Å². The van der Waals surface area contributed by atoms with Crippen molar-refractivity contribution in [1.82, 2.24) is 0 Å². The Hall–Kier alpha value is 0.247. The van der Waals surface area contributed by atoms with Gasteiger partial charge in [0.15, 0.2) is 0 Å². The molecule has 0 aliphatic rings. The Bertz CT molecular complexity index is 335. The van der Waals surface area contributed by atoms with Crippen LogP contribution in [0.4, 0.5) is 13.2 Å². The van der Waals surface area contributed by atoms with Crippen LogP contribution in [0.25, 0.3) is 0 Å². The molecule has 11 heteroatoms. The first kappa shape index (κ1) is 14.8. The van der Waals surface area contributed by atoms with Crippen LogP contribution in [0.3, 0.4) is 0 Å². The zero-order valence-electron chi connectivity index (χ0n) is 5.49. The summed E-state index contributed by atoms with van der Waals surface area (Å²) in [7, 11) is -13.0. The summed E-state index contributed by atoms with van der Waals surface area (Å²) in [6.07, 6.45) is 0. The molecule has 0 aromatic heterocycles. The summed E-state index contributed by atoms with van der Waals surface area (Å²) in [6.45, 7) is 0. The second-order valence-corrected chi connectivity index (χ2v) is 6.04. The van der Waals surface area contributed by atoms with E-state index >= 15 is 0 Å². The van der Waals surface area contributed by atoms with Crippen LogP contribution in [0.2, 0.25) is 0 Å². The van der Waals surface area contributed by atoms with Crippen molar-refractivity contribution in [2.24, 2.45) is 0 Å². The number of hydrogen-bond donors (Lipinski definition) is 0. The van der Waals surface area contributed by atoms with Gasteiger partial charge in [0.2, 0.25) is 9.15 Å². The van der Waals surface area contributed by atoms with Crippen LogP contribution in [0.15, 0.2) is 0 Å². The Labute approximate surface area is 77.2 Å². The molecule has 0 saturated carbocycles. The normalized spacial score (nSPS) is 13.7. The molecule has 0 aromatic carbocycles. The molecule has 0 saturated heterocycles. The minimum absolute atomic E-state index is 0. The van der Waals surface area contributed by atoms with Crippen LogP contribution < -0.4 is 18.9 Å². The first-order valence-electron chi connectivity index (χ1n) is 1.77. The van der Waals surface area contributed by atoms with Gasteiger partial charge in [-0.15, -0.1) is 0 Å². The van der Waals surface area contributed by atoms with Gasteiger partial charge in [0.1, 0.15) is 0 Å². The van der Waals surface area contributed by atoms with E-state index in [-0.39, 0.29) is 18.9 Å². The van der Waals surface area contributed by atoms with Gasteiger partial charge >= 0.3 is 33.2 Å². The second kappa shape index (κ2) is 3.55. The largest absolute Gasteiger partial charge is 1.00 e. The first-order chi connectivity index (χ1) is 4.50. The Morgan fingerprint density at radius 2 is 1.25 bits per heavy atom. The second-order valence-electron chi connectivity index (χ2n) is 1.31. The number of halogens is 3. The summed E-state index contributed by atoms with van der Waals surface area (Å²) in [5.74, 6) is 0. The van der Waals surface area contributed by atoms with E-state index in [4.69, 9.17) is 0 Å². The molecule has 0 fully saturated rings. The van der Waals surface area contributed by atoms with Crippen molar-refractivity contribution in [3.8, 4) is 0 Å². The predicted molar refractivity (Wildman–Crippen MR) is 24.7 cm³/mol. The van der Waals surface area contributed by atoms with Crippen LogP contribution in [-0.4, -0.2) is 26.9 Å². The molecule has 68 valence electrons. The summed E-state index contributed by atoms with van der Waals surface area (Å²) in [6, 6.07) is 0. The van der Waals surface area contributed by atoms with Crippen molar-refractivity contribution >= 4 is 18.0 Å². The van der Waals surface area contributed by atoms with E-state index in [0.29, 0.717) is 0 Å². The van der Waals surface area contributed by atoms with E-state index in [1.807, 2.05) is 0 Å². The molecule has 0 unspecified atom stereocenters. The number of rotatable bonds is 1. The smallest absolute Gasteiger partial charge is 0.735 e. The topological polar surface area (TPSA) is 91.3 Å². The average molecular weight is 220 g/mol. The molecular formula is CF3LiO5S2. The van der Waals surface area contributed by atoms with Crippen LogP contribution >= 0.6 is 0 Å². The van der Waals surface area contributed by atoms with Gasteiger partial charge in [0.25, 0.3) is 0 Å². The van der Waals surface area contributed by atoms with Crippen molar-refractivity contribution in [2.75, 3.05) is 0 Å². The molecule has 0 heterocycles. The van der Waals surface area contributed by atoms with Crippen molar-refractivity contribution < 1.29 is 53.4 Å². The van der Waals surface area contributed by atoms with Gasteiger partial charge in [-0.05, 0) is 0 Å². The van der Waals surface area contributed by atoms with Gasteiger partial charge in [0.05, 0.1) is 0 Å². The zero-order valence-corrected chi connectivity index (χ0v) is 7.12. The summed E-state index contributed by atoms with van der Waals surface area (Å²) >= 11 is 0. The molecule has 0 aliphatic heterocycles. The van der Waals surface area contributed by atoms with E-state index in [9.17, 15) is 34.6 Å². The molecule has 12 heavy (non-hydrogen) atoms. The average Bonchev–Trinajstić information content (AvgIpc) is 1.58. The molecule has 0 bridgehead atoms. The van der Waals surface area contributed by atoms with Crippen molar-refractivity contribution in [3.05, 3.63) is 0 Å². The first-order valence-corrected chi connectivity index (χ1v) is 5.18. The van der Waals surface area contributed by atoms with E-state index in [2.05, 4.69) is 0 Å². The van der Waals surface area contributed by atoms with Crippen molar-refractivity contribution in [3.63, 3.8) is 0 Å².